The van der Waals surface area contributed by atoms with Crippen molar-refractivity contribution in [3.8, 4) is 0 Å². The van der Waals surface area contributed by atoms with Crippen molar-refractivity contribution < 1.29 is 14.3 Å². The van der Waals surface area contributed by atoms with Gasteiger partial charge in [0.2, 0.25) is 0 Å². The van der Waals surface area contributed by atoms with Gasteiger partial charge in [0.15, 0.2) is 6.04 Å². The van der Waals surface area contributed by atoms with Crippen LogP contribution in [0.3, 0.4) is 0 Å². The fourth-order valence-electron chi connectivity index (χ4n) is 1.80. The first-order chi connectivity index (χ1) is 8.22. The van der Waals surface area contributed by atoms with Gasteiger partial charge in [-0.25, -0.2) is 9.78 Å². The van der Waals surface area contributed by atoms with E-state index in [1.165, 1.54) is 7.11 Å². The van der Waals surface area contributed by atoms with Crippen LogP contribution in [0.15, 0.2) is 18.3 Å². The maximum absolute atomic E-state index is 11.6. The largest absolute Gasteiger partial charge is 0.467 e. The van der Waals surface area contributed by atoms with Gasteiger partial charge in [0.1, 0.15) is 5.82 Å². The lowest BCUT2D eigenvalue weighted by Gasteiger charge is -2.34. The topological polar surface area (TPSA) is 77.7 Å². The average molecular weight is 237 g/mol. The standard InChI is InChI=1S/C11H15N3O3/c1-16-11(15)9-7-17-5-4-14(9)10-6-8(12)2-3-13-10/h2-3,6,9H,4-5,7H2,1H3,(H2,12,13). The lowest BCUT2D eigenvalue weighted by molar-refractivity contribution is -0.144. The van der Waals surface area contributed by atoms with Crippen LogP contribution in [0.4, 0.5) is 11.5 Å². The zero-order chi connectivity index (χ0) is 12.3. The first-order valence-electron chi connectivity index (χ1n) is 5.36. The van der Waals surface area contributed by atoms with Crippen molar-refractivity contribution in [1.82, 2.24) is 4.98 Å². The monoisotopic (exact) mass is 237 g/mol. The van der Waals surface area contributed by atoms with Crippen LogP contribution in [-0.2, 0) is 14.3 Å². The van der Waals surface area contributed by atoms with Gasteiger partial charge in [0.05, 0.1) is 20.3 Å². The van der Waals surface area contributed by atoms with E-state index in [1.807, 2.05) is 4.90 Å². The van der Waals surface area contributed by atoms with Gasteiger partial charge in [-0.05, 0) is 6.07 Å². The van der Waals surface area contributed by atoms with Gasteiger partial charge < -0.3 is 20.1 Å². The minimum atomic E-state index is -0.456. The van der Waals surface area contributed by atoms with E-state index in [-0.39, 0.29) is 5.97 Å². The van der Waals surface area contributed by atoms with Crippen molar-refractivity contribution >= 4 is 17.5 Å². The number of pyridine rings is 1. The Morgan fingerprint density at radius 1 is 1.71 bits per heavy atom. The summed E-state index contributed by atoms with van der Waals surface area (Å²) in [7, 11) is 1.36. The first-order valence-corrected chi connectivity index (χ1v) is 5.36. The number of methoxy groups -OCH3 is 1. The third-order valence-corrected chi connectivity index (χ3v) is 2.67. The van der Waals surface area contributed by atoms with Crippen LogP contribution < -0.4 is 10.6 Å². The van der Waals surface area contributed by atoms with Gasteiger partial charge in [-0.15, -0.1) is 0 Å². The number of anilines is 2. The minimum Gasteiger partial charge on any atom is -0.467 e. The van der Waals surface area contributed by atoms with Crippen LogP contribution >= 0.6 is 0 Å². The van der Waals surface area contributed by atoms with Gasteiger partial charge in [0, 0.05) is 24.5 Å². The summed E-state index contributed by atoms with van der Waals surface area (Å²) in [6.45, 7) is 1.46. The summed E-state index contributed by atoms with van der Waals surface area (Å²) < 4.78 is 10.0. The molecule has 1 aliphatic rings. The van der Waals surface area contributed by atoms with Crippen LogP contribution in [0.5, 0.6) is 0 Å². The molecule has 0 spiro atoms. The highest BCUT2D eigenvalue weighted by Gasteiger charge is 2.31. The summed E-state index contributed by atoms with van der Waals surface area (Å²) in [5.41, 5.74) is 6.32. The molecule has 0 saturated carbocycles. The summed E-state index contributed by atoms with van der Waals surface area (Å²) in [5, 5.41) is 0. The van der Waals surface area contributed by atoms with E-state index in [0.29, 0.717) is 31.3 Å². The Labute approximate surface area is 99.3 Å². The normalized spacial score (nSPS) is 20.1. The highest BCUT2D eigenvalue weighted by Crippen LogP contribution is 2.19. The number of carbonyl (C=O) groups is 1. The molecule has 1 aliphatic heterocycles. The zero-order valence-corrected chi connectivity index (χ0v) is 9.63. The fraction of sp³-hybridized carbons (Fsp3) is 0.455. The average Bonchev–Trinajstić information content (AvgIpc) is 2.38. The van der Waals surface area contributed by atoms with Crippen molar-refractivity contribution in [2.24, 2.45) is 0 Å². The number of nitrogens with zero attached hydrogens (tertiary/aromatic N) is 2. The maximum atomic E-state index is 11.6. The number of nitrogen functional groups attached to an aromatic ring is 1. The summed E-state index contributed by atoms with van der Waals surface area (Å²) in [6.07, 6.45) is 1.62. The molecule has 6 nitrogen and oxygen atoms in total. The molecule has 1 saturated heterocycles. The molecule has 1 atom stereocenters. The summed E-state index contributed by atoms with van der Waals surface area (Å²) >= 11 is 0. The van der Waals surface area contributed by atoms with Crippen molar-refractivity contribution in [2.75, 3.05) is 37.5 Å². The van der Waals surface area contributed by atoms with Crippen molar-refractivity contribution in [3.05, 3.63) is 18.3 Å². The summed E-state index contributed by atoms with van der Waals surface area (Å²) in [4.78, 5) is 17.7. The number of nitrogens with two attached hydrogens (primary N) is 1. The molecule has 0 bridgehead atoms. The molecule has 0 amide bonds. The number of hydrogen-bond donors (Lipinski definition) is 1. The van der Waals surface area contributed by atoms with Gasteiger partial charge in [-0.1, -0.05) is 0 Å². The molecule has 2 heterocycles. The molecular weight excluding hydrogens is 222 g/mol. The molecule has 1 unspecified atom stereocenters. The Kier molecular flexibility index (Phi) is 3.43. The number of rotatable bonds is 2. The molecule has 0 aliphatic carbocycles. The molecule has 2 N–H and O–H groups in total. The molecule has 1 aromatic heterocycles. The second-order valence-electron chi connectivity index (χ2n) is 3.75. The quantitative estimate of drug-likeness (QED) is 0.732. The van der Waals surface area contributed by atoms with Crippen molar-refractivity contribution in [1.29, 1.82) is 0 Å². The highest BCUT2D eigenvalue weighted by atomic mass is 16.5. The lowest BCUT2D eigenvalue weighted by Crippen LogP contribution is -2.51. The summed E-state index contributed by atoms with van der Waals surface area (Å²) in [5.74, 6) is 0.345. The molecule has 1 aromatic rings. The number of hydrogen-bond acceptors (Lipinski definition) is 6. The predicted octanol–water partition coefficient (Wildman–Crippen LogP) is 0.0420. The number of esters is 1. The number of ether oxygens (including phenoxy) is 2. The highest BCUT2D eigenvalue weighted by molar-refractivity contribution is 5.80. The smallest absolute Gasteiger partial charge is 0.330 e. The minimum absolute atomic E-state index is 0.309. The Morgan fingerprint density at radius 2 is 2.53 bits per heavy atom. The number of morpholine rings is 1. The zero-order valence-electron chi connectivity index (χ0n) is 9.63. The van der Waals surface area contributed by atoms with Gasteiger partial charge in [-0.2, -0.15) is 0 Å². The molecular formula is C11H15N3O3. The van der Waals surface area contributed by atoms with Gasteiger partial charge in [0.25, 0.3) is 0 Å². The van der Waals surface area contributed by atoms with E-state index in [1.54, 1.807) is 18.3 Å². The number of aromatic nitrogens is 1. The Balaban J connectivity index is 2.24. The first kappa shape index (κ1) is 11.7. The second-order valence-corrected chi connectivity index (χ2v) is 3.75. The van der Waals surface area contributed by atoms with Gasteiger partial charge in [-0.3, -0.25) is 0 Å². The van der Waals surface area contributed by atoms with Crippen LogP contribution in [0, 0.1) is 0 Å². The van der Waals surface area contributed by atoms with Crippen LogP contribution in [0.1, 0.15) is 0 Å². The molecule has 92 valence electrons. The van der Waals surface area contributed by atoms with Crippen LogP contribution in [-0.4, -0.2) is 43.9 Å². The van der Waals surface area contributed by atoms with Crippen LogP contribution in [0.2, 0.25) is 0 Å². The molecule has 2 rings (SSSR count). The second kappa shape index (κ2) is 5.01. The molecule has 1 fully saturated rings. The molecule has 6 heteroatoms. The predicted molar refractivity (Wildman–Crippen MR) is 62.6 cm³/mol. The van der Waals surface area contributed by atoms with E-state index >= 15 is 0 Å². The van der Waals surface area contributed by atoms with Gasteiger partial charge >= 0.3 is 5.97 Å². The van der Waals surface area contributed by atoms with Crippen molar-refractivity contribution in [3.63, 3.8) is 0 Å². The van der Waals surface area contributed by atoms with Crippen molar-refractivity contribution in [2.45, 2.75) is 6.04 Å². The number of carbonyl (C=O) groups excluding carboxylic acids is 1. The third-order valence-electron chi connectivity index (χ3n) is 2.67. The Bertz CT molecular complexity index is 411. The molecule has 17 heavy (non-hydrogen) atoms. The Hall–Kier alpha value is -1.82. The van der Waals surface area contributed by atoms with E-state index < -0.39 is 6.04 Å². The van der Waals surface area contributed by atoms with E-state index in [0.717, 1.165) is 0 Å². The van der Waals surface area contributed by atoms with E-state index in [9.17, 15) is 4.79 Å². The summed E-state index contributed by atoms with van der Waals surface area (Å²) in [6, 6.07) is 2.99. The van der Waals surface area contributed by atoms with E-state index in [2.05, 4.69) is 4.98 Å². The fourth-order valence-corrected chi connectivity index (χ4v) is 1.80. The SMILES string of the molecule is COC(=O)C1COCCN1c1cc(N)ccn1. The van der Waals surface area contributed by atoms with Crippen LogP contribution in [0.25, 0.3) is 0 Å². The van der Waals surface area contributed by atoms with E-state index in [4.69, 9.17) is 15.2 Å². The molecule has 0 aromatic carbocycles. The maximum Gasteiger partial charge on any atom is 0.330 e. The lowest BCUT2D eigenvalue weighted by atomic mass is 10.2. The third kappa shape index (κ3) is 2.47. The Morgan fingerprint density at radius 3 is 3.24 bits per heavy atom. The molecule has 0 radical (unpaired) electrons.